The molecule has 0 radical (unpaired) electrons. The summed E-state index contributed by atoms with van der Waals surface area (Å²) in [5, 5.41) is 14.0. The molecule has 3 rings (SSSR count). The first kappa shape index (κ1) is 20.3. The minimum atomic E-state index is -0.462. The van der Waals surface area contributed by atoms with Gasteiger partial charge in [-0.1, -0.05) is 0 Å². The summed E-state index contributed by atoms with van der Waals surface area (Å²) < 4.78 is 10.7. The highest BCUT2D eigenvalue weighted by molar-refractivity contribution is 5.92. The van der Waals surface area contributed by atoms with Crippen LogP contribution in [-0.4, -0.2) is 43.3 Å². The van der Waals surface area contributed by atoms with Crippen molar-refractivity contribution in [3.05, 3.63) is 39.4 Å². The maximum Gasteiger partial charge on any atom is 0.270 e. The van der Waals surface area contributed by atoms with Gasteiger partial charge in [0.25, 0.3) is 5.69 Å². The Morgan fingerprint density at radius 1 is 1.43 bits per heavy atom. The molecule has 28 heavy (non-hydrogen) atoms. The molecule has 1 fully saturated rings. The number of carbonyl (C=O) groups is 1. The number of rotatable bonds is 7. The zero-order chi connectivity index (χ0) is 19.9. The summed E-state index contributed by atoms with van der Waals surface area (Å²) in [4.78, 5) is 24.4. The smallest absolute Gasteiger partial charge is 0.270 e. The highest BCUT2D eigenvalue weighted by atomic mass is 16.7. The number of carbonyl (C=O) groups excluding carboxylic acids is 1. The first-order valence-corrected chi connectivity index (χ1v) is 9.87. The number of benzene rings is 1. The fourth-order valence-corrected chi connectivity index (χ4v) is 3.84. The Hall–Kier alpha value is -2.45. The Labute approximate surface area is 164 Å². The van der Waals surface area contributed by atoms with Crippen molar-refractivity contribution in [3.8, 4) is 5.75 Å². The van der Waals surface area contributed by atoms with Gasteiger partial charge in [-0.3, -0.25) is 14.9 Å². The predicted molar refractivity (Wildman–Crippen MR) is 104 cm³/mol. The lowest BCUT2D eigenvalue weighted by Crippen LogP contribution is -3.16. The van der Waals surface area contributed by atoms with Gasteiger partial charge in [-0.25, -0.2) is 0 Å². The van der Waals surface area contributed by atoms with Gasteiger partial charge in [-0.2, -0.15) is 0 Å². The van der Waals surface area contributed by atoms with Crippen molar-refractivity contribution in [3.63, 3.8) is 0 Å². The molecule has 1 unspecified atom stereocenters. The second-order valence-corrected chi connectivity index (χ2v) is 7.42. The number of nitrogens with zero attached hydrogens (tertiary/aromatic N) is 1. The van der Waals surface area contributed by atoms with E-state index in [0.29, 0.717) is 29.5 Å². The van der Waals surface area contributed by atoms with E-state index in [1.165, 1.54) is 44.0 Å². The van der Waals surface area contributed by atoms with Crippen molar-refractivity contribution in [2.45, 2.75) is 45.3 Å². The van der Waals surface area contributed by atoms with Gasteiger partial charge in [0.15, 0.2) is 6.79 Å². The first-order chi connectivity index (χ1) is 13.5. The third kappa shape index (κ3) is 5.30. The number of hydrogen-bond acceptors (Lipinski definition) is 5. The van der Waals surface area contributed by atoms with E-state index in [4.69, 9.17) is 9.47 Å². The van der Waals surface area contributed by atoms with Gasteiger partial charge in [0.05, 0.1) is 30.7 Å². The SMILES string of the molecule is C[C@H]1CCCC[NH+]1CCCNC(=O)/C=C/c1cc([N+](=O)[O-])cc2c1OCOC2. The average Bonchev–Trinajstić information content (AvgIpc) is 2.70. The molecule has 1 saturated heterocycles. The van der Waals surface area contributed by atoms with E-state index in [0.717, 1.165) is 13.0 Å². The summed E-state index contributed by atoms with van der Waals surface area (Å²) >= 11 is 0. The quantitative estimate of drug-likeness (QED) is 0.318. The topological polar surface area (TPSA) is 95.1 Å². The van der Waals surface area contributed by atoms with Crippen molar-refractivity contribution in [1.29, 1.82) is 0 Å². The van der Waals surface area contributed by atoms with Crippen LogP contribution in [-0.2, 0) is 16.1 Å². The third-order valence-electron chi connectivity index (χ3n) is 5.40. The van der Waals surface area contributed by atoms with Gasteiger partial charge in [0, 0.05) is 42.3 Å². The molecule has 2 atom stereocenters. The fraction of sp³-hybridized carbons (Fsp3) is 0.550. The van der Waals surface area contributed by atoms with E-state index in [-0.39, 0.29) is 25.0 Å². The van der Waals surface area contributed by atoms with Gasteiger partial charge in [0.1, 0.15) is 5.75 Å². The summed E-state index contributed by atoms with van der Waals surface area (Å²) in [5.74, 6) is 0.317. The van der Waals surface area contributed by atoms with Gasteiger partial charge in [-0.05, 0) is 32.3 Å². The number of non-ortho nitro benzene ring substituents is 1. The number of amides is 1. The van der Waals surface area contributed by atoms with Crippen molar-refractivity contribution in [2.75, 3.05) is 26.4 Å². The van der Waals surface area contributed by atoms with Crippen molar-refractivity contribution in [2.24, 2.45) is 0 Å². The van der Waals surface area contributed by atoms with E-state index < -0.39 is 4.92 Å². The molecule has 0 bridgehead atoms. The Balaban J connectivity index is 1.53. The lowest BCUT2D eigenvalue weighted by Gasteiger charge is -2.30. The lowest BCUT2D eigenvalue weighted by atomic mass is 10.0. The van der Waals surface area contributed by atoms with E-state index in [9.17, 15) is 14.9 Å². The van der Waals surface area contributed by atoms with Crippen LogP contribution in [0.25, 0.3) is 6.08 Å². The minimum Gasteiger partial charge on any atom is -0.467 e. The summed E-state index contributed by atoms with van der Waals surface area (Å²) in [6.45, 7) is 5.55. The molecular formula is C20H28N3O5+. The summed E-state index contributed by atoms with van der Waals surface area (Å²) in [5.41, 5.74) is 1.07. The molecule has 152 valence electrons. The van der Waals surface area contributed by atoms with E-state index in [2.05, 4.69) is 12.2 Å². The lowest BCUT2D eigenvalue weighted by molar-refractivity contribution is -0.928. The molecule has 8 nitrogen and oxygen atoms in total. The number of nitro groups is 1. The molecule has 8 heteroatoms. The van der Waals surface area contributed by atoms with Crippen molar-refractivity contribution < 1.29 is 24.1 Å². The van der Waals surface area contributed by atoms with Crippen LogP contribution in [0.5, 0.6) is 5.75 Å². The van der Waals surface area contributed by atoms with Crippen LogP contribution in [0.2, 0.25) is 0 Å². The molecule has 0 spiro atoms. The largest absolute Gasteiger partial charge is 0.467 e. The van der Waals surface area contributed by atoms with Crippen LogP contribution in [0.1, 0.15) is 43.7 Å². The summed E-state index contributed by atoms with van der Waals surface area (Å²) in [6.07, 6.45) is 7.79. The van der Waals surface area contributed by atoms with Gasteiger partial charge >= 0.3 is 0 Å². The van der Waals surface area contributed by atoms with Crippen LogP contribution >= 0.6 is 0 Å². The highest BCUT2D eigenvalue weighted by Gasteiger charge is 2.21. The normalized spacial score (nSPS) is 21.8. The first-order valence-electron chi connectivity index (χ1n) is 9.87. The van der Waals surface area contributed by atoms with E-state index in [1.807, 2.05) is 0 Å². The molecule has 2 aliphatic rings. The molecule has 0 saturated carbocycles. The monoisotopic (exact) mass is 390 g/mol. The molecule has 2 heterocycles. The van der Waals surface area contributed by atoms with Gasteiger partial charge in [0.2, 0.25) is 5.91 Å². The molecule has 0 aromatic heterocycles. The fourth-order valence-electron chi connectivity index (χ4n) is 3.84. The number of fused-ring (bicyclic) bond motifs is 1. The van der Waals surface area contributed by atoms with Crippen LogP contribution < -0.4 is 15.0 Å². The van der Waals surface area contributed by atoms with Crippen LogP contribution in [0.3, 0.4) is 0 Å². The molecule has 2 N–H and O–H groups in total. The van der Waals surface area contributed by atoms with E-state index in [1.54, 1.807) is 11.0 Å². The molecule has 0 aliphatic carbocycles. The number of ether oxygens (including phenoxy) is 2. The second-order valence-electron chi connectivity index (χ2n) is 7.42. The number of nitro benzene ring substituents is 1. The molecular weight excluding hydrogens is 362 g/mol. The Morgan fingerprint density at radius 2 is 2.29 bits per heavy atom. The standard InChI is InChI=1S/C20H27N3O5/c1-15-5-2-3-9-22(15)10-4-8-21-19(24)7-6-16-11-18(23(25)26)12-17-13-27-14-28-20(16)17/h6-7,11-12,15H,2-5,8-10,13-14H2,1H3,(H,21,24)/p+1/b7-6+/t15-/m0/s1. The van der Waals surface area contributed by atoms with Crippen molar-refractivity contribution in [1.82, 2.24) is 5.32 Å². The zero-order valence-corrected chi connectivity index (χ0v) is 16.2. The zero-order valence-electron chi connectivity index (χ0n) is 16.2. The summed E-state index contributed by atoms with van der Waals surface area (Å²) in [6, 6.07) is 3.55. The average molecular weight is 390 g/mol. The molecule has 2 aliphatic heterocycles. The number of quaternary nitrogens is 1. The Bertz CT molecular complexity index is 750. The maximum absolute atomic E-state index is 12.1. The van der Waals surface area contributed by atoms with Crippen LogP contribution in [0.4, 0.5) is 5.69 Å². The van der Waals surface area contributed by atoms with Gasteiger partial charge in [-0.15, -0.1) is 0 Å². The van der Waals surface area contributed by atoms with Gasteiger partial charge < -0.3 is 19.7 Å². The van der Waals surface area contributed by atoms with Crippen LogP contribution in [0.15, 0.2) is 18.2 Å². The molecule has 1 amide bonds. The number of piperidine rings is 1. The minimum absolute atomic E-state index is 0.0495. The predicted octanol–water partition coefficient (Wildman–Crippen LogP) is 1.44. The Morgan fingerprint density at radius 3 is 3.07 bits per heavy atom. The van der Waals surface area contributed by atoms with Crippen molar-refractivity contribution >= 4 is 17.7 Å². The third-order valence-corrected chi connectivity index (χ3v) is 5.40. The van der Waals surface area contributed by atoms with Crippen LogP contribution in [0, 0.1) is 10.1 Å². The number of hydrogen-bond donors (Lipinski definition) is 2. The Kier molecular flexibility index (Phi) is 7.00. The van der Waals surface area contributed by atoms with E-state index >= 15 is 0 Å². The number of nitrogens with one attached hydrogen (secondary N) is 2. The highest BCUT2D eigenvalue weighted by Crippen LogP contribution is 2.33. The number of likely N-dealkylation sites (tertiary alicyclic amines) is 1. The molecule has 1 aromatic rings. The second kappa shape index (κ2) is 9.66. The molecule has 1 aromatic carbocycles. The summed E-state index contributed by atoms with van der Waals surface area (Å²) in [7, 11) is 0. The maximum atomic E-state index is 12.1.